The van der Waals surface area contributed by atoms with Crippen molar-refractivity contribution in [3.63, 3.8) is 0 Å². The summed E-state index contributed by atoms with van der Waals surface area (Å²) in [6, 6.07) is 7.05. The van der Waals surface area contributed by atoms with E-state index in [2.05, 4.69) is 4.98 Å². The standard InChI is InChI=1S/C18H16F2N2O/c1-23-17-15(11-3-2-4-11)6-5-14(16(17)19)13-9-12-7-8-22(20)18(12)21-10-13/h5-11H,2-4H2,1H3. The van der Waals surface area contributed by atoms with Crippen molar-refractivity contribution in [2.75, 3.05) is 7.11 Å². The van der Waals surface area contributed by atoms with Gasteiger partial charge in [-0.3, -0.25) is 0 Å². The highest BCUT2D eigenvalue weighted by Crippen LogP contribution is 2.43. The van der Waals surface area contributed by atoms with Crippen LogP contribution in [0.1, 0.15) is 30.7 Å². The normalized spacial score (nSPS) is 14.9. The smallest absolute Gasteiger partial charge is 0.173 e. The Labute approximate surface area is 132 Å². The van der Waals surface area contributed by atoms with Gasteiger partial charge < -0.3 is 4.74 Å². The highest BCUT2D eigenvalue weighted by atomic mass is 19.2. The monoisotopic (exact) mass is 314 g/mol. The molecule has 118 valence electrons. The lowest BCUT2D eigenvalue weighted by Crippen LogP contribution is -2.11. The fourth-order valence-corrected chi connectivity index (χ4v) is 3.18. The Morgan fingerprint density at radius 2 is 2.09 bits per heavy atom. The van der Waals surface area contributed by atoms with E-state index in [1.165, 1.54) is 25.9 Å². The Kier molecular flexibility index (Phi) is 3.29. The molecule has 1 fully saturated rings. The molecule has 0 saturated heterocycles. The van der Waals surface area contributed by atoms with Crippen LogP contribution in [0.2, 0.25) is 0 Å². The van der Waals surface area contributed by atoms with Crippen LogP contribution in [-0.4, -0.2) is 16.9 Å². The van der Waals surface area contributed by atoms with Gasteiger partial charge in [0, 0.05) is 34.5 Å². The molecule has 2 aromatic heterocycles. The van der Waals surface area contributed by atoms with Gasteiger partial charge in [-0.15, -0.1) is 0 Å². The Morgan fingerprint density at radius 3 is 2.78 bits per heavy atom. The zero-order valence-corrected chi connectivity index (χ0v) is 12.7. The summed E-state index contributed by atoms with van der Waals surface area (Å²) in [5.74, 6) is 0.322. The van der Waals surface area contributed by atoms with Crippen LogP contribution < -0.4 is 4.74 Å². The molecule has 23 heavy (non-hydrogen) atoms. The van der Waals surface area contributed by atoms with E-state index < -0.39 is 0 Å². The maximum absolute atomic E-state index is 14.9. The number of hydrogen-bond donors (Lipinski definition) is 0. The summed E-state index contributed by atoms with van der Waals surface area (Å²) in [5, 5.41) is 0.631. The Bertz CT molecular complexity index is 884. The van der Waals surface area contributed by atoms with Crippen LogP contribution in [0, 0.1) is 5.82 Å². The van der Waals surface area contributed by atoms with E-state index in [0.717, 1.165) is 18.4 Å². The van der Waals surface area contributed by atoms with Crippen LogP contribution >= 0.6 is 0 Å². The van der Waals surface area contributed by atoms with Crippen LogP contribution in [-0.2, 0) is 0 Å². The average Bonchev–Trinajstić information content (AvgIpc) is 2.87. The van der Waals surface area contributed by atoms with Gasteiger partial charge in [0.2, 0.25) is 0 Å². The number of pyridine rings is 1. The van der Waals surface area contributed by atoms with E-state index >= 15 is 0 Å². The first kappa shape index (κ1) is 14.2. The number of rotatable bonds is 3. The molecule has 2 heterocycles. The number of halogens is 2. The van der Waals surface area contributed by atoms with Crippen molar-refractivity contribution in [1.82, 2.24) is 9.77 Å². The number of methoxy groups -OCH3 is 1. The van der Waals surface area contributed by atoms with Crippen molar-refractivity contribution in [3.8, 4) is 16.9 Å². The van der Waals surface area contributed by atoms with E-state index in [1.54, 1.807) is 18.2 Å². The molecule has 3 aromatic rings. The first-order valence-corrected chi connectivity index (χ1v) is 7.69. The van der Waals surface area contributed by atoms with Crippen molar-refractivity contribution in [3.05, 3.63) is 48.0 Å². The molecule has 1 aliphatic rings. The summed E-state index contributed by atoms with van der Waals surface area (Å²) in [4.78, 5) is 4.53. The molecule has 0 bridgehead atoms. The fraction of sp³-hybridized carbons (Fsp3) is 0.278. The summed E-state index contributed by atoms with van der Waals surface area (Å²) in [5.41, 5.74) is 2.20. The van der Waals surface area contributed by atoms with Gasteiger partial charge in [0.1, 0.15) is 0 Å². The molecule has 0 atom stereocenters. The molecule has 3 nitrogen and oxygen atoms in total. The van der Waals surface area contributed by atoms with Crippen LogP contribution in [0.4, 0.5) is 8.87 Å². The maximum Gasteiger partial charge on any atom is 0.173 e. The molecule has 0 aliphatic heterocycles. The van der Waals surface area contributed by atoms with Gasteiger partial charge in [-0.1, -0.05) is 23.0 Å². The lowest BCUT2D eigenvalue weighted by Gasteiger charge is -2.27. The molecular weight excluding hydrogens is 298 g/mol. The third kappa shape index (κ3) is 2.19. The first-order valence-electron chi connectivity index (χ1n) is 7.69. The van der Waals surface area contributed by atoms with E-state index in [-0.39, 0.29) is 11.5 Å². The second kappa shape index (κ2) is 5.33. The van der Waals surface area contributed by atoms with Crippen molar-refractivity contribution < 1.29 is 13.6 Å². The molecule has 0 amide bonds. The SMILES string of the molecule is COc1c(C2CCC2)ccc(-c2cnc3c(ccn3F)c2)c1F. The lowest BCUT2D eigenvalue weighted by atomic mass is 9.79. The van der Waals surface area contributed by atoms with Crippen LogP contribution in [0.25, 0.3) is 22.2 Å². The van der Waals surface area contributed by atoms with Gasteiger partial charge >= 0.3 is 0 Å². The van der Waals surface area contributed by atoms with Crippen LogP contribution in [0.15, 0.2) is 36.7 Å². The number of hydrogen-bond acceptors (Lipinski definition) is 2. The molecule has 0 radical (unpaired) electrons. The van der Waals surface area contributed by atoms with E-state index in [9.17, 15) is 8.87 Å². The van der Waals surface area contributed by atoms with E-state index in [1.807, 2.05) is 6.07 Å². The molecular formula is C18H16F2N2O. The minimum atomic E-state index is -0.377. The predicted octanol–water partition coefficient (Wildman–Crippen LogP) is 4.85. The number of ether oxygens (including phenoxy) is 1. The van der Waals surface area contributed by atoms with Gasteiger partial charge in [-0.2, -0.15) is 4.79 Å². The van der Waals surface area contributed by atoms with Crippen LogP contribution in [0.3, 0.4) is 0 Å². The fourth-order valence-electron chi connectivity index (χ4n) is 3.18. The largest absolute Gasteiger partial charge is 0.493 e. The number of benzene rings is 1. The van der Waals surface area contributed by atoms with Gasteiger partial charge in [-0.25, -0.2) is 9.37 Å². The van der Waals surface area contributed by atoms with Gasteiger partial charge in [0.25, 0.3) is 0 Å². The Morgan fingerprint density at radius 1 is 1.26 bits per heavy atom. The topological polar surface area (TPSA) is 27.1 Å². The number of aromatic nitrogens is 2. The molecule has 0 spiro atoms. The average molecular weight is 314 g/mol. The van der Waals surface area contributed by atoms with Crippen molar-refractivity contribution in [1.29, 1.82) is 0 Å². The minimum absolute atomic E-state index is 0.229. The molecule has 0 N–H and O–H groups in total. The van der Waals surface area contributed by atoms with Crippen LogP contribution in [0.5, 0.6) is 5.75 Å². The summed E-state index contributed by atoms with van der Waals surface area (Å²) in [6.45, 7) is 0. The predicted molar refractivity (Wildman–Crippen MR) is 84.8 cm³/mol. The number of fused-ring (bicyclic) bond motifs is 1. The highest BCUT2D eigenvalue weighted by Gasteiger charge is 2.26. The van der Waals surface area contributed by atoms with Gasteiger partial charge in [-0.05, 0) is 30.9 Å². The van der Waals surface area contributed by atoms with Crippen molar-refractivity contribution in [2.45, 2.75) is 25.2 Å². The lowest BCUT2D eigenvalue weighted by molar-refractivity contribution is 0.355. The quantitative estimate of drug-likeness (QED) is 0.691. The summed E-state index contributed by atoms with van der Waals surface area (Å²) < 4.78 is 33.7. The van der Waals surface area contributed by atoms with E-state index in [0.29, 0.717) is 33.0 Å². The van der Waals surface area contributed by atoms with Gasteiger partial charge in [0.05, 0.1) is 7.11 Å². The van der Waals surface area contributed by atoms with E-state index in [4.69, 9.17) is 4.74 Å². The zero-order chi connectivity index (χ0) is 16.0. The molecule has 5 heteroatoms. The second-order valence-corrected chi connectivity index (χ2v) is 5.94. The Hall–Kier alpha value is -2.43. The third-order valence-corrected chi connectivity index (χ3v) is 4.67. The zero-order valence-electron chi connectivity index (χ0n) is 12.7. The summed E-state index contributed by atoms with van der Waals surface area (Å²) in [6.07, 6.45) is 6.11. The first-order chi connectivity index (χ1) is 11.2. The summed E-state index contributed by atoms with van der Waals surface area (Å²) in [7, 11) is 1.50. The maximum atomic E-state index is 14.9. The van der Waals surface area contributed by atoms with Crippen molar-refractivity contribution in [2.24, 2.45) is 0 Å². The summed E-state index contributed by atoms with van der Waals surface area (Å²) >= 11 is 0. The molecule has 4 rings (SSSR count). The minimum Gasteiger partial charge on any atom is -0.493 e. The molecule has 1 aliphatic carbocycles. The number of nitrogens with zero attached hydrogens (tertiary/aromatic N) is 2. The van der Waals surface area contributed by atoms with Crippen molar-refractivity contribution >= 4 is 11.0 Å². The molecule has 0 unspecified atom stereocenters. The molecule has 1 saturated carbocycles. The molecule has 1 aromatic carbocycles. The van der Waals surface area contributed by atoms with Gasteiger partial charge in [0.15, 0.2) is 17.2 Å². The highest BCUT2D eigenvalue weighted by molar-refractivity contribution is 5.82. The second-order valence-electron chi connectivity index (χ2n) is 5.94. The Balaban J connectivity index is 1.83. The third-order valence-electron chi connectivity index (χ3n) is 4.67.